The van der Waals surface area contributed by atoms with E-state index in [2.05, 4.69) is 5.32 Å². The van der Waals surface area contributed by atoms with Crippen molar-refractivity contribution in [3.8, 4) is 17.2 Å². The van der Waals surface area contributed by atoms with Crippen molar-refractivity contribution >= 4 is 12.0 Å². The summed E-state index contributed by atoms with van der Waals surface area (Å²) < 4.78 is 21.8. The zero-order valence-corrected chi connectivity index (χ0v) is 18.0. The maximum absolute atomic E-state index is 13.0. The summed E-state index contributed by atoms with van der Waals surface area (Å²) in [4.78, 5) is 26.9. The summed E-state index contributed by atoms with van der Waals surface area (Å²) in [5.41, 5.74) is 1.40. The average Bonchev–Trinajstić information content (AvgIpc) is 2.80. The minimum Gasteiger partial charge on any atom is -0.497 e. The molecule has 0 fully saturated rings. The monoisotopic (exact) mass is 426 g/mol. The molecule has 8 heteroatoms. The van der Waals surface area contributed by atoms with E-state index in [0.717, 1.165) is 0 Å². The van der Waals surface area contributed by atoms with E-state index in [1.165, 1.54) is 12.0 Å². The van der Waals surface area contributed by atoms with E-state index in [-0.39, 0.29) is 19.2 Å². The summed E-state index contributed by atoms with van der Waals surface area (Å²) in [6, 6.07) is 13.4. The molecule has 1 atom stereocenters. The Morgan fingerprint density at radius 2 is 1.77 bits per heavy atom. The topological polar surface area (TPSA) is 86.3 Å². The molecule has 0 spiro atoms. The summed E-state index contributed by atoms with van der Waals surface area (Å²) in [6.45, 7) is 1.97. The quantitative estimate of drug-likeness (QED) is 0.515. The zero-order chi connectivity index (χ0) is 22.4. The highest BCUT2D eigenvalue weighted by Crippen LogP contribution is 2.37. The number of nitrogens with one attached hydrogen (secondary N) is 1. The standard InChI is InChI=1S/C23H26N2O6/c1-15-20(22(26)31-13-12-30-16-8-6-5-7-9-16)21(24-23(27)25(15)2)18-14-17(28-3)10-11-19(18)29-4/h5-11,14,21H,12-13H2,1-4H3,(H,24,27)/t21-/m1/s1. The molecule has 2 aromatic rings. The number of esters is 1. The van der Waals surface area contributed by atoms with E-state index in [0.29, 0.717) is 34.1 Å². The summed E-state index contributed by atoms with van der Waals surface area (Å²) in [5.74, 6) is 1.24. The number of amides is 2. The molecule has 0 saturated carbocycles. The van der Waals surface area contributed by atoms with Crippen LogP contribution in [0.5, 0.6) is 17.2 Å². The molecule has 2 aromatic carbocycles. The number of urea groups is 1. The van der Waals surface area contributed by atoms with E-state index < -0.39 is 12.0 Å². The number of carbonyl (C=O) groups is 2. The molecule has 8 nitrogen and oxygen atoms in total. The maximum Gasteiger partial charge on any atom is 0.338 e. The second-order valence-electron chi connectivity index (χ2n) is 6.85. The molecule has 1 aliphatic heterocycles. The van der Waals surface area contributed by atoms with Crippen molar-refractivity contribution in [3.63, 3.8) is 0 Å². The first-order valence-electron chi connectivity index (χ1n) is 9.78. The molecule has 1 aliphatic rings. The van der Waals surface area contributed by atoms with Gasteiger partial charge in [-0.25, -0.2) is 9.59 Å². The highest BCUT2D eigenvalue weighted by atomic mass is 16.6. The fourth-order valence-corrected chi connectivity index (χ4v) is 3.29. The van der Waals surface area contributed by atoms with E-state index in [1.807, 2.05) is 30.3 Å². The van der Waals surface area contributed by atoms with Gasteiger partial charge in [0.25, 0.3) is 0 Å². The lowest BCUT2D eigenvalue weighted by Gasteiger charge is -2.33. The number of allylic oxidation sites excluding steroid dienone is 1. The van der Waals surface area contributed by atoms with Crippen LogP contribution in [0.4, 0.5) is 4.79 Å². The molecule has 31 heavy (non-hydrogen) atoms. The normalized spacial score (nSPS) is 15.9. The third kappa shape index (κ3) is 4.91. The fraction of sp³-hybridized carbons (Fsp3) is 0.304. The maximum atomic E-state index is 13.0. The fourth-order valence-electron chi connectivity index (χ4n) is 3.29. The van der Waals surface area contributed by atoms with Gasteiger partial charge in [0.2, 0.25) is 0 Å². The predicted molar refractivity (Wildman–Crippen MR) is 114 cm³/mol. The molecule has 1 heterocycles. The second kappa shape index (κ2) is 9.88. The Labute approximate surface area is 181 Å². The van der Waals surface area contributed by atoms with Crippen molar-refractivity contribution in [1.29, 1.82) is 0 Å². The lowest BCUT2D eigenvalue weighted by atomic mass is 9.94. The van der Waals surface area contributed by atoms with Gasteiger partial charge in [0, 0.05) is 18.3 Å². The van der Waals surface area contributed by atoms with Crippen molar-refractivity contribution in [1.82, 2.24) is 10.2 Å². The lowest BCUT2D eigenvalue weighted by Crippen LogP contribution is -2.46. The van der Waals surface area contributed by atoms with Gasteiger partial charge >= 0.3 is 12.0 Å². The average molecular weight is 426 g/mol. The Kier molecular flexibility index (Phi) is 7.02. The molecule has 2 amide bonds. The van der Waals surface area contributed by atoms with Gasteiger partial charge in [-0.3, -0.25) is 0 Å². The second-order valence-corrected chi connectivity index (χ2v) is 6.85. The van der Waals surface area contributed by atoms with Crippen molar-refractivity contribution < 1.29 is 28.5 Å². The largest absolute Gasteiger partial charge is 0.497 e. The number of hydrogen-bond acceptors (Lipinski definition) is 6. The summed E-state index contributed by atoms with van der Waals surface area (Å²) in [5, 5.41) is 2.85. The molecule has 0 aliphatic carbocycles. The van der Waals surface area contributed by atoms with Crippen LogP contribution in [0.25, 0.3) is 0 Å². The van der Waals surface area contributed by atoms with Gasteiger partial charge < -0.3 is 29.2 Å². The first-order valence-corrected chi connectivity index (χ1v) is 9.78. The van der Waals surface area contributed by atoms with E-state index in [4.69, 9.17) is 18.9 Å². The van der Waals surface area contributed by atoms with E-state index in [1.54, 1.807) is 39.3 Å². The molecule has 1 N–H and O–H groups in total. The van der Waals surface area contributed by atoms with Gasteiger partial charge in [-0.1, -0.05) is 18.2 Å². The van der Waals surface area contributed by atoms with Crippen LogP contribution in [0.1, 0.15) is 18.5 Å². The zero-order valence-electron chi connectivity index (χ0n) is 18.0. The lowest BCUT2D eigenvalue weighted by molar-refractivity contribution is -0.140. The molecular weight excluding hydrogens is 400 g/mol. The molecule has 3 rings (SSSR count). The molecule has 0 saturated heterocycles. The van der Waals surface area contributed by atoms with Crippen molar-refractivity contribution in [2.24, 2.45) is 0 Å². The number of methoxy groups -OCH3 is 2. The Bertz CT molecular complexity index is 973. The molecule has 0 unspecified atom stereocenters. The van der Waals surface area contributed by atoms with Crippen LogP contribution >= 0.6 is 0 Å². The number of nitrogens with zero attached hydrogens (tertiary/aromatic N) is 1. The van der Waals surface area contributed by atoms with Crippen LogP contribution in [0, 0.1) is 0 Å². The third-order valence-corrected chi connectivity index (χ3v) is 5.05. The van der Waals surface area contributed by atoms with Gasteiger partial charge in [-0.2, -0.15) is 0 Å². The molecule has 0 radical (unpaired) electrons. The van der Waals surface area contributed by atoms with Crippen LogP contribution in [-0.2, 0) is 9.53 Å². The Balaban J connectivity index is 1.82. The Morgan fingerprint density at radius 3 is 2.45 bits per heavy atom. The van der Waals surface area contributed by atoms with E-state index >= 15 is 0 Å². The van der Waals surface area contributed by atoms with Crippen LogP contribution in [0.2, 0.25) is 0 Å². The van der Waals surface area contributed by atoms with Crippen molar-refractivity contribution in [2.45, 2.75) is 13.0 Å². The van der Waals surface area contributed by atoms with E-state index in [9.17, 15) is 9.59 Å². The van der Waals surface area contributed by atoms with Crippen LogP contribution in [-0.4, -0.2) is 51.4 Å². The third-order valence-electron chi connectivity index (χ3n) is 5.05. The van der Waals surface area contributed by atoms with Gasteiger partial charge in [0.15, 0.2) is 0 Å². The number of benzene rings is 2. The minimum absolute atomic E-state index is 0.0597. The number of carbonyl (C=O) groups excluding carboxylic acids is 2. The SMILES string of the molecule is COc1ccc(OC)c([C@H]2NC(=O)N(C)C(C)=C2C(=O)OCCOc2ccccc2)c1. The van der Waals surface area contributed by atoms with Gasteiger partial charge in [-0.05, 0) is 37.3 Å². The number of rotatable bonds is 8. The highest BCUT2D eigenvalue weighted by Gasteiger charge is 2.36. The first kappa shape index (κ1) is 22.0. The summed E-state index contributed by atoms with van der Waals surface area (Å²) in [7, 11) is 4.66. The van der Waals surface area contributed by atoms with Crippen LogP contribution in [0.3, 0.4) is 0 Å². The molecule has 0 aromatic heterocycles. The summed E-state index contributed by atoms with van der Waals surface area (Å²) in [6.07, 6.45) is 0. The van der Waals surface area contributed by atoms with Crippen molar-refractivity contribution in [3.05, 3.63) is 65.4 Å². The van der Waals surface area contributed by atoms with Gasteiger partial charge in [-0.15, -0.1) is 0 Å². The molecule has 164 valence electrons. The molecule has 0 bridgehead atoms. The number of para-hydroxylation sites is 1. The number of hydrogen-bond donors (Lipinski definition) is 1. The Hall–Kier alpha value is -3.68. The number of ether oxygens (including phenoxy) is 4. The van der Waals surface area contributed by atoms with Gasteiger partial charge in [0.1, 0.15) is 30.5 Å². The molecular formula is C23H26N2O6. The smallest absolute Gasteiger partial charge is 0.338 e. The van der Waals surface area contributed by atoms with Crippen molar-refractivity contribution in [2.75, 3.05) is 34.5 Å². The minimum atomic E-state index is -0.753. The predicted octanol–water partition coefficient (Wildman–Crippen LogP) is 3.30. The van der Waals surface area contributed by atoms with Gasteiger partial charge in [0.05, 0.1) is 25.8 Å². The van der Waals surface area contributed by atoms with Crippen LogP contribution < -0.4 is 19.5 Å². The first-order chi connectivity index (χ1) is 15.0. The summed E-state index contributed by atoms with van der Waals surface area (Å²) >= 11 is 0. The van der Waals surface area contributed by atoms with Crippen LogP contribution in [0.15, 0.2) is 59.8 Å². The Morgan fingerprint density at radius 1 is 1.03 bits per heavy atom. The highest BCUT2D eigenvalue weighted by molar-refractivity contribution is 5.95.